The molecule has 5 heteroatoms. The van der Waals surface area contributed by atoms with Crippen LogP contribution >= 0.6 is 11.3 Å². The Morgan fingerprint density at radius 3 is 1.91 bits per heavy atom. The molecular formula is C42H27BN2OS. The van der Waals surface area contributed by atoms with Gasteiger partial charge in [0.15, 0.2) is 0 Å². The van der Waals surface area contributed by atoms with Crippen LogP contribution in [0, 0.1) is 0 Å². The molecule has 1 aromatic heterocycles. The van der Waals surface area contributed by atoms with E-state index in [4.69, 9.17) is 4.74 Å². The minimum absolute atomic E-state index is 0.0814. The summed E-state index contributed by atoms with van der Waals surface area (Å²) in [5.41, 5.74) is 10.7. The van der Waals surface area contributed by atoms with Crippen molar-refractivity contribution in [2.24, 2.45) is 0 Å². The molecule has 7 aromatic carbocycles. The topological polar surface area (TPSA) is 15.7 Å². The molecule has 0 saturated carbocycles. The number of fused-ring (bicyclic) bond motifs is 8. The molecule has 0 bridgehead atoms. The smallest absolute Gasteiger partial charge is 0.256 e. The highest BCUT2D eigenvalue weighted by atomic mass is 32.1. The van der Waals surface area contributed by atoms with E-state index < -0.39 is 0 Å². The fourth-order valence-electron chi connectivity index (χ4n) is 7.51. The molecule has 2 aliphatic rings. The van der Waals surface area contributed by atoms with E-state index in [-0.39, 0.29) is 6.71 Å². The maximum absolute atomic E-state index is 6.80. The summed E-state index contributed by atoms with van der Waals surface area (Å²) < 4.78 is 9.31. The van der Waals surface area contributed by atoms with Gasteiger partial charge in [0.05, 0.1) is 10.4 Å². The van der Waals surface area contributed by atoms with Gasteiger partial charge in [-0.05, 0) is 83.1 Å². The fourth-order valence-corrected chi connectivity index (χ4v) is 8.77. The predicted octanol–water partition coefficient (Wildman–Crippen LogP) is 9.93. The molecule has 0 radical (unpaired) electrons. The Morgan fingerprint density at radius 2 is 1.17 bits per heavy atom. The van der Waals surface area contributed by atoms with Gasteiger partial charge in [-0.25, -0.2) is 0 Å². The van der Waals surface area contributed by atoms with Crippen molar-refractivity contribution in [3.63, 3.8) is 0 Å². The second-order valence-corrected chi connectivity index (χ2v) is 13.2. The summed E-state index contributed by atoms with van der Waals surface area (Å²) in [5, 5.41) is 2.45. The van der Waals surface area contributed by atoms with Crippen LogP contribution in [-0.2, 0) is 0 Å². The zero-order valence-corrected chi connectivity index (χ0v) is 26.2. The van der Waals surface area contributed by atoms with Crippen LogP contribution in [0.15, 0.2) is 164 Å². The second-order valence-electron chi connectivity index (χ2n) is 12.1. The van der Waals surface area contributed by atoms with E-state index >= 15 is 0 Å². The zero-order valence-electron chi connectivity index (χ0n) is 25.4. The third-order valence-electron chi connectivity index (χ3n) is 9.48. The Kier molecular flexibility index (Phi) is 5.84. The largest absolute Gasteiger partial charge is 0.458 e. The van der Waals surface area contributed by atoms with Gasteiger partial charge in [0, 0.05) is 43.9 Å². The summed E-state index contributed by atoms with van der Waals surface area (Å²) in [6.45, 7) is 0.0814. The van der Waals surface area contributed by atoms with E-state index in [1.165, 1.54) is 47.9 Å². The zero-order chi connectivity index (χ0) is 30.9. The fraction of sp³-hybridized carbons (Fsp3) is 0. The second kappa shape index (κ2) is 10.4. The summed E-state index contributed by atoms with van der Waals surface area (Å²) in [6, 6.07) is 58.6. The molecule has 3 heterocycles. The van der Waals surface area contributed by atoms with Crippen molar-refractivity contribution in [1.29, 1.82) is 0 Å². The van der Waals surface area contributed by atoms with E-state index in [2.05, 4.69) is 174 Å². The van der Waals surface area contributed by atoms with Gasteiger partial charge in [-0.3, -0.25) is 0 Å². The predicted molar refractivity (Wildman–Crippen MR) is 200 cm³/mol. The van der Waals surface area contributed by atoms with Crippen molar-refractivity contribution in [3.8, 4) is 11.5 Å². The number of nitrogens with zero attached hydrogens (tertiary/aromatic N) is 2. The SMILES string of the molecule is c1ccc(N(c2ccccc2)c2ccc3c(c2)sc2c4c5c(cc23)Oc2ccccc2B5c2ccccc2N4c2ccccc2)cc1. The number of rotatable bonds is 4. The van der Waals surface area contributed by atoms with Crippen molar-refractivity contribution < 1.29 is 4.74 Å². The molecule has 0 amide bonds. The first-order chi connectivity index (χ1) is 23.3. The van der Waals surface area contributed by atoms with E-state index in [1.807, 2.05) is 11.3 Å². The highest BCUT2D eigenvalue weighted by Crippen LogP contribution is 2.49. The number of thiophene rings is 1. The van der Waals surface area contributed by atoms with Crippen molar-refractivity contribution in [3.05, 3.63) is 164 Å². The molecule has 0 spiro atoms. The molecule has 3 nitrogen and oxygen atoms in total. The average molecular weight is 619 g/mol. The Balaban J connectivity index is 1.26. The molecule has 0 unspecified atom stereocenters. The van der Waals surface area contributed by atoms with Gasteiger partial charge in [0.1, 0.15) is 11.5 Å². The first-order valence-corrected chi connectivity index (χ1v) is 16.8. The minimum Gasteiger partial charge on any atom is -0.458 e. The number of hydrogen-bond acceptors (Lipinski definition) is 4. The summed E-state index contributed by atoms with van der Waals surface area (Å²) in [7, 11) is 0. The first kappa shape index (κ1) is 26.4. The van der Waals surface area contributed by atoms with Gasteiger partial charge in [0.2, 0.25) is 0 Å². The summed E-state index contributed by atoms with van der Waals surface area (Å²) in [5.74, 6) is 1.87. The lowest BCUT2D eigenvalue weighted by molar-refractivity contribution is 0.488. The molecule has 0 N–H and O–H groups in total. The van der Waals surface area contributed by atoms with Gasteiger partial charge < -0.3 is 14.5 Å². The lowest BCUT2D eigenvalue weighted by Crippen LogP contribution is -2.59. The standard InChI is InChI=1S/C42H27BN2OS/c1-4-14-28(15-5-1)44(29-16-6-2-7-17-29)31-24-25-32-33-27-38-40-41(42(33)47-39(32)26-31)45(30-18-8-3-9-19-30)36-22-12-10-20-34(36)43(40)35-21-11-13-23-37(35)46-38/h1-27H. The lowest BCUT2D eigenvalue weighted by Gasteiger charge is -2.40. The van der Waals surface area contributed by atoms with Crippen LogP contribution in [0.25, 0.3) is 20.2 Å². The van der Waals surface area contributed by atoms with Crippen LogP contribution in [0.4, 0.5) is 34.1 Å². The van der Waals surface area contributed by atoms with Gasteiger partial charge >= 0.3 is 0 Å². The van der Waals surface area contributed by atoms with E-state index in [1.54, 1.807) is 0 Å². The molecule has 0 saturated heterocycles. The average Bonchev–Trinajstić information content (AvgIpc) is 3.50. The van der Waals surface area contributed by atoms with E-state index in [0.29, 0.717) is 0 Å². The van der Waals surface area contributed by atoms with Crippen molar-refractivity contribution >= 4 is 88.7 Å². The third kappa shape index (κ3) is 4.00. The van der Waals surface area contributed by atoms with Crippen molar-refractivity contribution in [2.75, 3.05) is 9.80 Å². The molecule has 8 aromatic rings. The minimum atomic E-state index is 0.0814. The van der Waals surface area contributed by atoms with Crippen molar-refractivity contribution in [2.45, 2.75) is 0 Å². The Labute approximate surface area is 277 Å². The summed E-state index contributed by atoms with van der Waals surface area (Å²) in [6.07, 6.45) is 0. The number of hydrogen-bond donors (Lipinski definition) is 0. The van der Waals surface area contributed by atoms with Gasteiger partial charge in [-0.2, -0.15) is 0 Å². The van der Waals surface area contributed by atoms with Crippen LogP contribution in [0.5, 0.6) is 11.5 Å². The highest BCUT2D eigenvalue weighted by Gasteiger charge is 2.43. The molecule has 2 aliphatic heterocycles. The van der Waals surface area contributed by atoms with Crippen LogP contribution < -0.4 is 30.9 Å². The Bertz CT molecular complexity index is 2420. The lowest BCUT2D eigenvalue weighted by atomic mass is 9.34. The van der Waals surface area contributed by atoms with Crippen LogP contribution in [0.1, 0.15) is 0 Å². The van der Waals surface area contributed by atoms with E-state index in [9.17, 15) is 0 Å². The Morgan fingerprint density at radius 1 is 0.532 bits per heavy atom. The third-order valence-corrected chi connectivity index (χ3v) is 10.7. The maximum atomic E-state index is 6.80. The highest BCUT2D eigenvalue weighted by molar-refractivity contribution is 7.26. The maximum Gasteiger partial charge on any atom is 0.256 e. The van der Waals surface area contributed by atoms with Gasteiger partial charge in [0.25, 0.3) is 6.71 Å². The Hall–Kier alpha value is -5.78. The van der Waals surface area contributed by atoms with Crippen molar-refractivity contribution in [1.82, 2.24) is 0 Å². The molecule has 0 atom stereocenters. The molecule has 47 heavy (non-hydrogen) atoms. The number of para-hydroxylation sites is 5. The quantitative estimate of drug-likeness (QED) is 0.183. The number of anilines is 6. The summed E-state index contributed by atoms with van der Waals surface area (Å²) >= 11 is 1.87. The molecular weight excluding hydrogens is 591 g/mol. The number of benzene rings is 7. The van der Waals surface area contributed by atoms with Gasteiger partial charge in [-0.1, -0.05) is 97.1 Å². The van der Waals surface area contributed by atoms with Gasteiger partial charge in [-0.15, -0.1) is 11.3 Å². The number of ether oxygens (including phenoxy) is 1. The summed E-state index contributed by atoms with van der Waals surface area (Å²) in [4.78, 5) is 4.79. The molecule has 0 fully saturated rings. The van der Waals surface area contributed by atoms with E-state index in [0.717, 1.165) is 34.2 Å². The molecule has 10 rings (SSSR count). The van der Waals surface area contributed by atoms with Crippen LogP contribution in [-0.4, -0.2) is 6.71 Å². The first-order valence-electron chi connectivity index (χ1n) is 16.0. The van der Waals surface area contributed by atoms with Crippen LogP contribution in [0.2, 0.25) is 0 Å². The normalized spacial score (nSPS) is 12.8. The molecule has 220 valence electrons. The molecule has 0 aliphatic carbocycles. The monoisotopic (exact) mass is 618 g/mol. The van der Waals surface area contributed by atoms with Crippen LogP contribution in [0.3, 0.4) is 0 Å².